The van der Waals surface area contributed by atoms with E-state index in [4.69, 9.17) is 0 Å². The summed E-state index contributed by atoms with van der Waals surface area (Å²) in [5.41, 5.74) is 2.99. The molecule has 0 aliphatic rings. The van der Waals surface area contributed by atoms with E-state index < -0.39 is 0 Å². The molecule has 0 aliphatic carbocycles. The van der Waals surface area contributed by atoms with Gasteiger partial charge < -0.3 is 9.36 Å². The Morgan fingerprint density at radius 2 is 2.06 bits per heavy atom. The number of nitrogens with zero attached hydrogens (tertiary/aromatic N) is 2. The molecule has 0 atom stereocenters. The minimum atomic E-state index is 0.357. The van der Waals surface area contributed by atoms with Crippen LogP contribution in [-0.4, -0.2) is 15.8 Å². The van der Waals surface area contributed by atoms with Gasteiger partial charge in [-0.15, -0.1) is 0 Å². The van der Waals surface area contributed by atoms with Crippen LogP contribution in [0.5, 0.6) is 0 Å². The van der Waals surface area contributed by atoms with Crippen LogP contribution >= 0.6 is 15.9 Å². The third-order valence-electron chi connectivity index (χ3n) is 2.49. The molecule has 0 N–H and O–H groups in total. The first kappa shape index (κ1) is 11.1. The highest BCUT2D eigenvalue weighted by Crippen LogP contribution is 2.23. The summed E-state index contributed by atoms with van der Waals surface area (Å²) in [6.45, 7) is 2.32. The topological polar surface area (TPSA) is 34.9 Å². The van der Waals surface area contributed by atoms with E-state index in [0.717, 1.165) is 27.7 Å². The van der Waals surface area contributed by atoms with Crippen LogP contribution in [0.4, 0.5) is 0 Å². The Morgan fingerprint density at radius 1 is 1.38 bits per heavy atom. The maximum absolute atomic E-state index is 10.5. The Morgan fingerprint density at radius 3 is 2.69 bits per heavy atom. The van der Waals surface area contributed by atoms with Gasteiger partial charge >= 0.3 is 0 Å². The van der Waals surface area contributed by atoms with Crippen LogP contribution in [0.15, 0.2) is 35.1 Å². The van der Waals surface area contributed by atoms with E-state index in [2.05, 4.69) is 20.9 Å². The van der Waals surface area contributed by atoms with E-state index in [1.165, 1.54) is 0 Å². The van der Waals surface area contributed by atoms with Gasteiger partial charge in [0, 0.05) is 15.7 Å². The molecule has 82 valence electrons. The van der Waals surface area contributed by atoms with Crippen LogP contribution in [-0.2, 0) is 11.3 Å². The van der Waals surface area contributed by atoms with Crippen molar-refractivity contribution in [3.05, 3.63) is 40.8 Å². The molecule has 0 saturated carbocycles. The first-order valence-corrected chi connectivity index (χ1v) is 5.73. The summed E-state index contributed by atoms with van der Waals surface area (Å²) in [5, 5.41) is 0. The van der Waals surface area contributed by atoms with Gasteiger partial charge in [-0.05, 0) is 19.1 Å². The van der Waals surface area contributed by atoms with Crippen molar-refractivity contribution in [1.29, 1.82) is 0 Å². The lowest BCUT2D eigenvalue weighted by atomic mass is 10.1. The minimum absolute atomic E-state index is 0.357. The summed E-state index contributed by atoms with van der Waals surface area (Å²) >= 11 is 3.39. The first-order chi connectivity index (χ1) is 7.72. The number of halogens is 1. The van der Waals surface area contributed by atoms with Gasteiger partial charge in [-0.3, -0.25) is 0 Å². The summed E-state index contributed by atoms with van der Waals surface area (Å²) < 4.78 is 2.88. The van der Waals surface area contributed by atoms with Gasteiger partial charge in [0.1, 0.15) is 6.29 Å². The first-order valence-electron chi connectivity index (χ1n) is 4.93. The van der Waals surface area contributed by atoms with Crippen molar-refractivity contribution in [3.8, 4) is 11.3 Å². The number of carbonyl (C=O) groups is 1. The van der Waals surface area contributed by atoms with Gasteiger partial charge in [0.2, 0.25) is 0 Å². The highest BCUT2D eigenvalue weighted by Gasteiger charge is 2.07. The van der Waals surface area contributed by atoms with Crippen molar-refractivity contribution in [1.82, 2.24) is 9.55 Å². The van der Waals surface area contributed by atoms with E-state index >= 15 is 0 Å². The fourth-order valence-corrected chi connectivity index (χ4v) is 1.86. The van der Waals surface area contributed by atoms with Crippen molar-refractivity contribution in [2.24, 2.45) is 0 Å². The molecule has 0 radical (unpaired) electrons. The fraction of sp³-hybridized carbons (Fsp3) is 0.167. The molecule has 16 heavy (non-hydrogen) atoms. The summed E-state index contributed by atoms with van der Waals surface area (Å²) in [5.74, 6) is 0. The Bertz CT molecular complexity index is 502. The molecule has 1 aromatic heterocycles. The van der Waals surface area contributed by atoms with Crippen molar-refractivity contribution < 1.29 is 4.79 Å². The quantitative estimate of drug-likeness (QED) is 0.810. The molecule has 0 fully saturated rings. The molecule has 2 aromatic rings. The third kappa shape index (κ3) is 2.07. The van der Waals surface area contributed by atoms with Gasteiger partial charge in [0.05, 0.1) is 18.6 Å². The molecular formula is C12H11BrN2O. The molecule has 2 rings (SSSR count). The molecule has 3 nitrogen and oxygen atoms in total. The average Bonchev–Trinajstić information content (AvgIpc) is 2.63. The van der Waals surface area contributed by atoms with Crippen molar-refractivity contribution >= 4 is 22.2 Å². The number of aldehydes is 1. The molecule has 1 heterocycles. The number of rotatable bonds is 3. The predicted octanol–water partition coefficient (Wildman–Crippen LogP) is 2.82. The second-order valence-corrected chi connectivity index (χ2v) is 4.42. The minimum Gasteiger partial charge on any atom is -0.327 e. The summed E-state index contributed by atoms with van der Waals surface area (Å²) in [6.07, 6.45) is 2.57. The maximum atomic E-state index is 10.5. The number of carbonyl (C=O) groups excluding carboxylic acids is 1. The number of imidazole rings is 1. The van der Waals surface area contributed by atoms with Crippen LogP contribution in [0.25, 0.3) is 11.3 Å². The zero-order valence-corrected chi connectivity index (χ0v) is 10.4. The van der Waals surface area contributed by atoms with E-state index in [1.54, 1.807) is 6.33 Å². The second kappa shape index (κ2) is 4.61. The fourth-order valence-electron chi connectivity index (χ4n) is 1.60. The van der Waals surface area contributed by atoms with Crippen LogP contribution < -0.4 is 0 Å². The number of benzene rings is 1. The molecule has 0 unspecified atom stereocenters. The maximum Gasteiger partial charge on any atom is 0.139 e. The Labute approximate surface area is 102 Å². The SMILES string of the molecule is Cc1c(-c2ccc(Br)cc2)ncn1CC=O. The molecule has 0 saturated heterocycles. The smallest absolute Gasteiger partial charge is 0.139 e. The van der Waals surface area contributed by atoms with Gasteiger partial charge in [0.25, 0.3) is 0 Å². The van der Waals surface area contributed by atoms with Crippen molar-refractivity contribution in [2.45, 2.75) is 13.5 Å². The zero-order valence-electron chi connectivity index (χ0n) is 8.85. The van der Waals surface area contributed by atoms with E-state index in [1.807, 2.05) is 35.8 Å². The third-order valence-corrected chi connectivity index (χ3v) is 3.02. The number of hydrogen-bond acceptors (Lipinski definition) is 2. The van der Waals surface area contributed by atoms with Crippen molar-refractivity contribution in [3.63, 3.8) is 0 Å². The zero-order chi connectivity index (χ0) is 11.5. The van der Waals surface area contributed by atoms with Gasteiger partial charge in [-0.1, -0.05) is 28.1 Å². The van der Waals surface area contributed by atoms with Gasteiger partial charge in [0.15, 0.2) is 0 Å². The Balaban J connectivity index is 2.40. The lowest BCUT2D eigenvalue weighted by molar-refractivity contribution is -0.108. The highest BCUT2D eigenvalue weighted by atomic mass is 79.9. The average molecular weight is 279 g/mol. The predicted molar refractivity (Wildman–Crippen MR) is 66.2 cm³/mol. The van der Waals surface area contributed by atoms with Gasteiger partial charge in [-0.2, -0.15) is 0 Å². The summed E-state index contributed by atoms with van der Waals surface area (Å²) in [4.78, 5) is 14.8. The molecule has 0 bridgehead atoms. The van der Waals surface area contributed by atoms with Crippen LogP contribution in [0.2, 0.25) is 0 Å². The highest BCUT2D eigenvalue weighted by molar-refractivity contribution is 9.10. The summed E-state index contributed by atoms with van der Waals surface area (Å²) in [7, 11) is 0. The molecule has 0 spiro atoms. The largest absolute Gasteiger partial charge is 0.327 e. The van der Waals surface area contributed by atoms with Crippen LogP contribution in [0.1, 0.15) is 5.69 Å². The molecule has 0 aliphatic heterocycles. The van der Waals surface area contributed by atoms with E-state index in [0.29, 0.717) is 6.54 Å². The standard InChI is InChI=1S/C12H11BrN2O/c1-9-12(14-8-15(9)6-7-16)10-2-4-11(13)5-3-10/h2-5,7-8H,6H2,1H3. The monoisotopic (exact) mass is 278 g/mol. The molecule has 0 amide bonds. The molecule has 1 aromatic carbocycles. The molecular weight excluding hydrogens is 268 g/mol. The summed E-state index contributed by atoms with van der Waals surface area (Å²) in [6, 6.07) is 7.97. The normalized spacial score (nSPS) is 10.4. The Hall–Kier alpha value is -1.42. The van der Waals surface area contributed by atoms with E-state index in [9.17, 15) is 4.79 Å². The lowest BCUT2D eigenvalue weighted by Gasteiger charge is -2.02. The molecule has 4 heteroatoms. The van der Waals surface area contributed by atoms with Crippen LogP contribution in [0.3, 0.4) is 0 Å². The second-order valence-electron chi connectivity index (χ2n) is 3.50. The van der Waals surface area contributed by atoms with Crippen molar-refractivity contribution in [2.75, 3.05) is 0 Å². The number of hydrogen-bond donors (Lipinski definition) is 0. The van der Waals surface area contributed by atoms with Crippen LogP contribution in [0, 0.1) is 6.92 Å². The number of aromatic nitrogens is 2. The van der Waals surface area contributed by atoms with Gasteiger partial charge in [-0.25, -0.2) is 4.98 Å². The lowest BCUT2D eigenvalue weighted by Crippen LogP contribution is -1.99. The Kier molecular flexibility index (Phi) is 3.19. The van der Waals surface area contributed by atoms with E-state index in [-0.39, 0.29) is 0 Å².